The summed E-state index contributed by atoms with van der Waals surface area (Å²) in [5.74, 6) is 1.32. The van der Waals surface area contributed by atoms with E-state index in [4.69, 9.17) is 4.42 Å². The Bertz CT molecular complexity index is 839. The predicted molar refractivity (Wildman–Crippen MR) is 82.7 cm³/mol. The van der Waals surface area contributed by atoms with Gasteiger partial charge in [-0.25, -0.2) is 4.98 Å². The summed E-state index contributed by atoms with van der Waals surface area (Å²) in [6.45, 7) is 2.02. The molecule has 0 fully saturated rings. The second-order valence-corrected chi connectivity index (χ2v) is 6.39. The van der Waals surface area contributed by atoms with E-state index in [1.54, 1.807) is 6.26 Å². The minimum Gasteiger partial charge on any atom is -0.468 e. The first-order valence-electron chi connectivity index (χ1n) is 6.98. The lowest BCUT2D eigenvalue weighted by Gasteiger charge is -2.17. The van der Waals surface area contributed by atoms with Crippen molar-refractivity contribution in [1.29, 1.82) is 0 Å². The van der Waals surface area contributed by atoms with Crippen LogP contribution in [0.5, 0.6) is 0 Å². The SMILES string of the molecule is Cc1cccc(-c2nc3n(n2)C(=O)CC(c2ccco2)S3)c1. The highest BCUT2D eigenvalue weighted by Crippen LogP contribution is 2.41. The Kier molecular flexibility index (Phi) is 3.11. The van der Waals surface area contributed by atoms with Crippen molar-refractivity contribution in [2.75, 3.05) is 0 Å². The number of fused-ring (bicyclic) bond motifs is 1. The van der Waals surface area contributed by atoms with Gasteiger partial charge in [-0.2, -0.15) is 4.68 Å². The highest BCUT2D eigenvalue weighted by atomic mass is 32.2. The lowest BCUT2D eigenvalue weighted by atomic mass is 10.1. The Balaban J connectivity index is 1.71. The average Bonchev–Trinajstić information content (AvgIpc) is 3.16. The van der Waals surface area contributed by atoms with Gasteiger partial charge in [-0.1, -0.05) is 35.5 Å². The second-order valence-electron chi connectivity index (χ2n) is 5.22. The number of carbonyl (C=O) groups is 1. The summed E-state index contributed by atoms with van der Waals surface area (Å²) in [6, 6.07) is 11.7. The van der Waals surface area contributed by atoms with Crippen LogP contribution in [0.4, 0.5) is 0 Å². The number of hydrogen-bond donors (Lipinski definition) is 0. The van der Waals surface area contributed by atoms with Crippen molar-refractivity contribution in [3.8, 4) is 11.4 Å². The van der Waals surface area contributed by atoms with Crippen molar-refractivity contribution >= 4 is 17.7 Å². The van der Waals surface area contributed by atoms with Gasteiger partial charge < -0.3 is 4.42 Å². The van der Waals surface area contributed by atoms with E-state index in [0.29, 0.717) is 17.4 Å². The van der Waals surface area contributed by atoms with E-state index in [1.165, 1.54) is 16.4 Å². The Hall–Kier alpha value is -2.34. The molecule has 1 aliphatic rings. The van der Waals surface area contributed by atoms with E-state index in [0.717, 1.165) is 16.9 Å². The summed E-state index contributed by atoms with van der Waals surface area (Å²) in [4.78, 5) is 16.8. The van der Waals surface area contributed by atoms with E-state index >= 15 is 0 Å². The third-order valence-corrected chi connectivity index (χ3v) is 4.72. The number of hydrogen-bond acceptors (Lipinski definition) is 5. The van der Waals surface area contributed by atoms with Gasteiger partial charge in [0.05, 0.1) is 11.5 Å². The summed E-state index contributed by atoms with van der Waals surface area (Å²) in [5, 5.41) is 4.95. The molecule has 1 atom stereocenters. The fourth-order valence-electron chi connectivity index (χ4n) is 2.49. The van der Waals surface area contributed by atoms with Crippen LogP contribution in [0.15, 0.2) is 52.2 Å². The van der Waals surface area contributed by atoms with Crippen molar-refractivity contribution in [2.45, 2.75) is 23.8 Å². The molecule has 0 bridgehead atoms. The molecule has 0 spiro atoms. The summed E-state index contributed by atoms with van der Waals surface area (Å²) in [6.07, 6.45) is 1.99. The van der Waals surface area contributed by atoms with Crippen molar-refractivity contribution in [1.82, 2.24) is 14.8 Å². The molecule has 1 aliphatic heterocycles. The second kappa shape index (κ2) is 5.14. The molecule has 0 saturated carbocycles. The number of aromatic nitrogens is 3. The average molecular weight is 311 g/mol. The van der Waals surface area contributed by atoms with E-state index < -0.39 is 0 Å². The van der Waals surface area contributed by atoms with Crippen LogP contribution in [-0.4, -0.2) is 20.7 Å². The zero-order valence-electron chi connectivity index (χ0n) is 11.9. The zero-order valence-corrected chi connectivity index (χ0v) is 12.7. The number of rotatable bonds is 2. The maximum absolute atomic E-state index is 12.3. The highest BCUT2D eigenvalue weighted by Gasteiger charge is 2.31. The van der Waals surface area contributed by atoms with Crippen molar-refractivity contribution in [2.24, 2.45) is 0 Å². The lowest BCUT2D eigenvalue weighted by Crippen LogP contribution is -2.20. The maximum Gasteiger partial charge on any atom is 0.250 e. The number of benzene rings is 1. The topological polar surface area (TPSA) is 60.9 Å². The van der Waals surface area contributed by atoms with Gasteiger partial charge in [-0.3, -0.25) is 4.79 Å². The number of aryl methyl sites for hydroxylation is 1. The molecule has 1 unspecified atom stereocenters. The minimum absolute atomic E-state index is 0.0374. The third-order valence-electron chi connectivity index (χ3n) is 3.56. The molecule has 4 rings (SSSR count). The number of carbonyl (C=O) groups excluding carboxylic acids is 1. The van der Waals surface area contributed by atoms with Crippen LogP contribution in [0, 0.1) is 6.92 Å². The van der Waals surface area contributed by atoms with Gasteiger partial charge in [0.2, 0.25) is 0 Å². The van der Waals surface area contributed by atoms with Crippen LogP contribution in [0.2, 0.25) is 0 Å². The van der Waals surface area contributed by atoms with Gasteiger partial charge in [-0.15, -0.1) is 5.10 Å². The van der Waals surface area contributed by atoms with Gasteiger partial charge in [0.1, 0.15) is 5.76 Å². The van der Waals surface area contributed by atoms with Crippen LogP contribution in [0.1, 0.15) is 27.8 Å². The van der Waals surface area contributed by atoms with Crippen molar-refractivity contribution in [3.63, 3.8) is 0 Å². The molecule has 3 heterocycles. The van der Waals surface area contributed by atoms with Crippen LogP contribution in [0.3, 0.4) is 0 Å². The molecule has 5 nitrogen and oxygen atoms in total. The molecule has 3 aromatic rings. The molecular weight excluding hydrogens is 298 g/mol. The fourth-order valence-corrected chi connectivity index (χ4v) is 3.60. The first-order valence-corrected chi connectivity index (χ1v) is 7.86. The van der Waals surface area contributed by atoms with Gasteiger partial charge in [0.25, 0.3) is 5.91 Å². The van der Waals surface area contributed by atoms with E-state index in [-0.39, 0.29) is 11.2 Å². The van der Waals surface area contributed by atoms with Crippen LogP contribution >= 0.6 is 11.8 Å². The Labute approximate surface area is 131 Å². The molecular formula is C16H13N3O2S. The molecule has 6 heteroatoms. The summed E-state index contributed by atoms with van der Waals surface area (Å²) in [7, 11) is 0. The maximum atomic E-state index is 12.3. The fraction of sp³-hybridized carbons (Fsp3) is 0.188. The number of thioether (sulfide) groups is 1. The van der Waals surface area contributed by atoms with Gasteiger partial charge >= 0.3 is 0 Å². The van der Waals surface area contributed by atoms with Gasteiger partial charge in [0, 0.05) is 12.0 Å². The number of furan rings is 1. The predicted octanol–water partition coefficient (Wildman–Crippen LogP) is 3.72. The minimum atomic E-state index is -0.0541. The van der Waals surface area contributed by atoms with E-state index in [9.17, 15) is 4.79 Å². The smallest absolute Gasteiger partial charge is 0.250 e. The molecule has 0 N–H and O–H groups in total. The molecule has 22 heavy (non-hydrogen) atoms. The Morgan fingerprint density at radius 3 is 3.00 bits per heavy atom. The first-order chi connectivity index (χ1) is 10.7. The van der Waals surface area contributed by atoms with Crippen LogP contribution < -0.4 is 0 Å². The van der Waals surface area contributed by atoms with Gasteiger partial charge in [-0.05, 0) is 25.1 Å². The standard InChI is InChI=1S/C16H13N3O2S/c1-10-4-2-5-11(8-10)15-17-16-19(18-15)14(20)9-13(22-16)12-6-3-7-21-12/h2-8,13H,9H2,1H3. The van der Waals surface area contributed by atoms with Crippen molar-refractivity contribution in [3.05, 3.63) is 54.0 Å². The van der Waals surface area contributed by atoms with Gasteiger partial charge in [0.15, 0.2) is 11.0 Å². The summed E-state index contributed by atoms with van der Waals surface area (Å²) in [5.41, 5.74) is 2.06. The zero-order chi connectivity index (χ0) is 15.1. The normalized spacial score (nSPS) is 17.5. The third kappa shape index (κ3) is 2.25. The summed E-state index contributed by atoms with van der Waals surface area (Å²) >= 11 is 1.51. The Morgan fingerprint density at radius 1 is 1.32 bits per heavy atom. The monoisotopic (exact) mass is 311 g/mol. The lowest BCUT2D eigenvalue weighted by molar-refractivity contribution is 0.0865. The molecule has 0 aliphatic carbocycles. The van der Waals surface area contributed by atoms with Crippen LogP contribution in [-0.2, 0) is 0 Å². The quantitative estimate of drug-likeness (QED) is 0.722. The van der Waals surface area contributed by atoms with E-state index in [1.807, 2.05) is 43.3 Å². The molecule has 1 aromatic carbocycles. The molecule has 2 aromatic heterocycles. The van der Waals surface area contributed by atoms with Crippen molar-refractivity contribution < 1.29 is 9.21 Å². The van der Waals surface area contributed by atoms with E-state index in [2.05, 4.69) is 10.1 Å². The highest BCUT2D eigenvalue weighted by molar-refractivity contribution is 7.99. The molecule has 0 saturated heterocycles. The molecule has 0 radical (unpaired) electrons. The summed E-state index contributed by atoms with van der Waals surface area (Å²) < 4.78 is 6.82. The van der Waals surface area contributed by atoms with Crippen LogP contribution in [0.25, 0.3) is 11.4 Å². The Morgan fingerprint density at radius 2 is 2.23 bits per heavy atom. The first kappa shape index (κ1) is 13.3. The molecule has 110 valence electrons. The largest absolute Gasteiger partial charge is 0.468 e. The molecule has 0 amide bonds. The number of nitrogens with zero attached hydrogens (tertiary/aromatic N) is 3.